The molecule has 0 spiro atoms. The molecule has 0 aliphatic rings. The third-order valence-corrected chi connectivity index (χ3v) is 3.94. The average Bonchev–Trinajstić information content (AvgIpc) is 3.03. The van der Waals surface area contributed by atoms with Gasteiger partial charge < -0.3 is 9.84 Å². The highest BCUT2D eigenvalue weighted by molar-refractivity contribution is 6.32. The summed E-state index contributed by atoms with van der Waals surface area (Å²) in [6.07, 6.45) is -3.09. The molecule has 1 heterocycles. The van der Waals surface area contributed by atoms with Crippen LogP contribution in [0.1, 0.15) is 5.56 Å². The number of rotatable bonds is 3. The van der Waals surface area contributed by atoms with Gasteiger partial charge in [0.2, 0.25) is 0 Å². The molecule has 3 rings (SSSR count). The number of hydrogen-bond donors (Lipinski definition) is 1. The Hall–Kier alpha value is -2.67. The molecule has 4 nitrogen and oxygen atoms in total. The Kier molecular flexibility index (Phi) is 4.34. The first-order chi connectivity index (χ1) is 11.8. The number of phenolic OH excluding ortho intramolecular Hbond substituents is 1. The van der Waals surface area contributed by atoms with Crippen LogP contribution in [0.2, 0.25) is 5.02 Å². The SMILES string of the molecule is COc1ccc(-c2ccnn2-c2cc(C(F)(F)F)ccc2Cl)c(O)c1. The molecule has 0 aliphatic carbocycles. The van der Waals surface area contributed by atoms with Crippen LogP contribution in [0.5, 0.6) is 11.5 Å². The molecule has 0 aliphatic heterocycles. The van der Waals surface area contributed by atoms with Crippen LogP contribution in [0.25, 0.3) is 16.9 Å². The van der Waals surface area contributed by atoms with Crippen LogP contribution >= 0.6 is 11.6 Å². The minimum Gasteiger partial charge on any atom is -0.507 e. The summed E-state index contributed by atoms with van der Waals surface area (Å²) in [7, 11) is 1.46. The van der Waals surface area contributed by atoms with Crippen molar-refractivity contribution in [2.24, 2.45) is 0 Å². The van der Waals surface area contributed by atoms with E-state index in [-0.39, 0.29) is 16.5 Å². The van der Waals surface area contributed by atoms with Gasteiger partial charge in [0.25, 0.3) is 0 Å². The van der Waals surface area contributed by atoms with E-state index >= 15 is 0 Å². The molecule has 25 heavy (non-hydrogen) atoms. The number of benzene rings is 2. The van der Waals surface area contributed by atoms with Crippen LogP contribution in [0.15, 0.2) is 48.7 Å². The maximum absolute atomic E-state index is 13.0. The van der Waals surface area contributed by atoms with Crippen LogP contribution < -0.4 is 4.74 Å². The number of ether oxygens (including phenoxy) is 1. The van der Waals surface area contributed by atoms with Crippen molar-refractivity contribution in [1.29, 1.82) is 0 Å². The molecule has 130 valence electrons. The van der Waals surface area contributed by atoms with E-state index in [4.69, 9.17) is 16.3 Å². The van der Waals surface area contributed by atoms with Crippen molar-refractivity contribution in [1.82, 2.24) is 9.78 Å². The summed E-state index contributed by atoms with van der Waals surface area (Å²) in [6, 6.07) is 9.17. The van der Waals surface area contributed by atoms with E-state index in [9.17, 15) is 18.3 Å². The largest absolute Gasteiger partial charge is 0.507 e. The second-order valence-corrected chi connectivity index (χ2v) is 5.58. The summed E-state index contributed by atoms with van der Waals surface area (Å²) in [6.45, 7) is 0. The van der Waals surface area contributed by atoms with E-state index in [0.29, 0.717) is 17.0 Å². The summed E-state index contributed by atoms with van der Waals surface area (Å²) in [5.74, 6) is 0.355. The van der Waals surface area contributed by atoms with Crippen molar-refractivity contribution in [3.63, 3.8) is 0 Å². The van der Waals surface area contributed by atoms with Crippen molar-refractivity contribution in [3.8, 4) is 28.4 Å². The fraction of sp³-hybridized carbons (Fsp3) is 0.118. The Morgan fingerprint density at radius 2 is 1.88 bits per heavy atom. The van der Waals surface area contributed by atoms with Crippen LogP contribution in [-0.2, 0) is 6.18 Å². The topological polar surface area (TPSA) is 47.3 Å². The van der Waals surface area contributed by atoms with Gasteiger partial charge in [-0.25, -0.2) is 4.68 Å². The maximum Gasteiger partial charge on any atom is 0.416 e. The Labute approximate surface area is 146 Å². The van der Waals surface area contributed by atoms with E-state index in [1.165, 1.54) is 30.1 Å². The van der Waals surface area contributed by atoms with E-state index in [0.717, 1.165) is 12.1 Å². The van der Waals surface area contributed by atoms with Gasteiger partial charge in [0.15, 0.2) is 0 Å². The summed E-state index contributed by atoms with van der Waals surface area (Å²) in [4.78, 5) is 0. The highest BCUT2D eigenvalue weighted by atomic mass is 35.5. The molecule has 0 unspecified atom stereocenters. The van der Waals surface area contributed by atoms with Crippen molar-refractivity contribution < 1.29 is 23.0 Å². The smallest absolute Gasteiger partial charge is 0.416 e. The minimum absolute atomic E-state index is 0.0618. The molecule has 8 heteroatoms. The Morgan fingerprint density at radius 1 is 1.12 bits per heavy atom. The summed E-state index contributed by atoms with van der Waals surface area (Å²) >= 11 is 6.07. The quantitative estimate of drug-likeness (QED) is 0.713. The number of methoxy groups -OCH3 is 1. The fourth-order valence-corrected chi connectivity index (χ4v) is 2.60. The van der Waals surface area contributed by atoms with Gasteiger partial charge in [-0.05, 0) is 36.4 Å². The van der Waals surface area contributed by atoms with Crippen molar-refractivity contribution in [2.75, 3.05) is 7.11 Å². The van der Waals surface area contributed by atoms with Gasteiger partial charge in [-0.2, -0.15) is 18.3 Å². The zero-order valence-corrected chi connectivity index (χ0v) is 13.6. The van der Waals surface area contributed by atoms with Gasteiger partial charge in [-0.1, -0.05) is 11.6 Å². The first-order valence-corrected chi connectivity index (χ1v) is 7.47. The average molecular weight is 369 g/mol. The number of alkyl halides is 3. The predicted octanol–water partition coefficient (Wildman–Crippen LogP) is 4.93. The molecule has 3 aromatic rings. The standard InChI is InChI=1S/C17H12ClF3N2O2/c1-25-11-3-4-12(16(24)9-11)14-6-7-22-23(14)15-8-10(17(19,20)21)2-5-13(15)18/h2-9,24H,1H3. The van der Waals surface area contributed by atoms with Gasteiger partial charge in [-0.3, -0.25) is 0 Å². The molecule has 0 saturated heterocycles. The molecule has 0 atom stereocenters. The third-order valence-electron chi connectivity index (χ3n) is 3.63. The Bertz CT molecular complexity index is 922. The van der Waals surface area contributed by atoms with E-state index < -0.39 is 11.7 Å². The first-order valence-electron chi connectivity index (χ1n) is 7.10. The van der Waals surface area contributed by atoms with Gasteiger partial charge in [0.1, 0.15) is 11.5 Å². The fourth-order valence-electron chi connectivity index (χ4n) is 2.41. The highest BCUT2D eigenvalue weighted by Crippen LogP contribution is 2.37. The summed E-state index contributed by atoms with van der Waals surface area (Å²) < 4.78 is 45.2. The third kappa shape index (κ3) is 3.28. The normalized spacial score (nSPS) is 11.6. The Balaban J connectivity index is 2.15. The molecule has 1 aromatic heterocycles. The van der Waals surface area contributed by atoms with Crippen molar-refractivity contribution in [2.45, 2.75) is 6.18 Å². The van der Waals surface area contributed by atoms with Gasteiger partial charge in [0.05, 0.1) is 35.3 Å². The lowest BCUT2D eigenvalue weighted by atomic mass is 10.1. The molecule has 0 radical (unpaired) electrons. The van der Waals surface area contributed by atoms with E-state index in [1.54, 1.807) is 18.2 Å². The highest BCUT2D eigenvalue weighted by Gasteiger charge is 2.31. The molecule has 0 bridgehead atoms. The van der Waals surface area contributed by atoms with Crippen LogP contribution in [0, 0.1) is 0 Å². The predicted molar refractivity (Wildman–Crippen MR) is 87.2 cm³/mol. The number of aromatic hydroxyl groups is 1. The van der Waals surface area contributed by atoms with Crippen molar-refractivity contribution in [3.05, 3.63) is 59.2 Å². The maximum atomic E-state index is 13.0. The van der Waals surface area contributed by atoms with Crippen molar-refractivity contribution >= 4 is 11.6 Å². The zero-order valence-electron chi connectivity index (χ0n) is 12.9. The second kappa shape index (κ2) is 6.33. The molecule has 2 aromatic carbocycles. The van der Waals surface area contributed by atoms with E-state index in [2.05, 4.69) is 5.10 Å². The lowest BCUT2D eigenvalue weighted by Gasteiger charge is -2.14. The monoisotopic (exact) mass is 368 g/mol. The van der Waals surface area contributed by atoms with Crippen LogP contribution in [0.3, 0.4) is 0 Å². The molecule has 0 saturated carbocycles. The van der Waals surface area contributed by atoms with Gasteiger partial charge >= 0.3 is 6.18 Å². The second-order valence-electron chi connectivity index (χ2n) is 5.18. The number of hydrogen-bond acceptors (Lipinski definition) is 3. The lowest BCUT2D eigenvalue weighted by molar-refractivity contribution is -0.137. The Morgan fingerprint density at radius 3 is 2.52 bits per heavy atom. The van der Waals surface area contributed by atoms with E-state index in [1.807, 2.05) is 0 Å². The molecule has 0 fully saturated rings. The lowest BCUT2D eigenvalue weighted by Crippen LogP contribution is -2.07. The molecular formula is C17H12ClF3N2O2. The summed E-state index contributed by atoms with van der Waals surface area (Å²) in [5.41, 5.74) is -0.00725. The van der Waals surface area contributed by atoms with Crippen LogP contribution in [-0.4, -0.2) is 22.0 Å². The molecular weight excluding hydrogens is 357 g/mol. The number of nitrogens with zero attached hydrogens (tertiary/aromatic N) is 2. The van der Waals surface area contributed by atoms with Gasteiger partial charge in [-0.15, -0.1) is 0 Å². The minimum atomic E-state index is -4.51. The number of phenols is 1. The van der Waals surface area contributed by atoms with Crippen LogP contribution in [0.4, 0.5) is 13.2 Å². The molecule has 0 amide bonds. The van der Waals surface area contributed by atoms with Gasteiger partial charge in [0, 0.05) is 11.6 Å². The first kappa shape index (κ1) is 17.2. The summed E-state index contributed by atoms with van der Waals surface area (Å²) in [5, 5.41) is 14.3. The molecule has 1 N–H and O–H groups in total. The zero-order chi connectivity index (χ0) is 18.2. The number of aromatic nitrogens is 2. The number of halogens is 4.